The van der Waals surface area contributed by atoms with E-state index in [1.807, 2.05) is 24.0 Å². The van der Waals surface area contributed by atoms with E-state index in [0.717, 1.165) is 10.9 Å². The second kappa shape index (κ2) is 7.93. The molecule has 4 rings (SSSR count). The number of piperazine rings is 1. The molecule has 1 aromatic heterocycles. The van der Waals surface area contributed by atoms with Gasteiger partial charge in [-0.3, -0.25) is 15.1 Å². The lowest BCUT2D eigenvalue weighted by Gasteiger charge is -2.35. The van der Waals surface area contributed by atoms with Crippen molar-refractivity contribution in [3.8, 4) is 0 Å². The van der Waals surface area contributed by atoms with Gasteiger partial charge in [0.1, 0.15) is 10.6 Å². The molecule has 30 heavy (non-hydrogen) atoms. The Bertz CT molecular complexity index is 1240. The molecule has 1 aliphatic heterocycles. The van der Waals surface area contributed by atoms with E-state index in [-0.39, 0.29) is 23.7 Å². The van der Waals surface area contributed by atoms with Gasteiger partial charge in [0.2, 0.25) is 10.0 Å². The number of hydrogen-bond acceptors (Lipinski definition) is 6. The number of halogens is 1. The van der Waals surface area contributed by atoms with Gasteiger partial charge in [-0.25, -0.2) is 8.42 Å². The van der Waals surface area contributed by atoms with Crippen molar-refractivity contribution in [1.29, 1.82) is 0 Å². The number of anilines is 1. The smallest absolute Gasteiger partial charge is 0.293 e. The first kappa shape index (κ1) is 20.7. The maximum absolute atomic E-state index is 13.3. The molecule has 0 amide bonds. The number of rotatable bonds is 4. The van der Waals surface area contributed by atoms with E-state index >= 15 is 0 Å². The fourth-order valence-electron chi connectivity index (χ4n) is 3.67. The highest BCUT2D eigenvalue weighted by atomic mass is 79.9. The van der Waals surface area contributed by atoms with Gasteiger partial charge in [-0.15, -0.1) is 0 Å². The Morgan fingerprint density at radius 3 is 2.53 bits per heavy atom. The number of aryl methyl sites for hydroxylation is 1. The van der Waals surface area contributed by atoms with Gasteiger partial charge in [0.15, 0.2) is 0 Å². The van der Waals surface area contributed by atoms with Crippen LogP contribution in [0.1, 0.15) is 5.56 Å². The molecule has 156 valence electrons. The zero-order valence-electron chi connectivity index (χ0n) is 16.2. The molecule has 1 aliphatic rings. The van der Waals surface area contributed by atoms with Gasteiger partial charge in [0.25, 0.3) is 5.69 Å². The molecule has 0 saturated carbocycles. The van der Waals surface area contributed by atoms with Crippen LogP contribution in [0.2, 0.25) is 0 Å². The Labute approximate surface area is 182 Å². The summed E-state index contributed by atoms with van der Waals surface area (Å²) in [5, 5.41) is 12.2. The topological polar surface area (TPSA) is 96.7 Å². The molecule has 1 fully saturated rings. The molecule has 0 bridgehead atoms. The van der Waals surface area contributed by atoms with Gasteiger partial charge in [-0.1, -0.05) is 28.1 Å². The summed E-state index contributed by atoms with van der Waals surface area (Å²) in [4.78, 5) is 17.4. The number of sulfonamides is 1. The summed E-state index contributed by atoms with van der Waals surface area (Å²) in [5.41, 5.74) is 1.90. The molecule has 0 aliphatic carbocycles. The lowest BCUT2D eigenvalue weighted by atomic mass is 10.2. The Morgan fingerprint density at radius 2 is 1.83 bits per heavy atom. The first-order valence-electron chi connectivity index (χ1n) is 9.32. The third-order valence-electron chi connectivity index (χ3n) is 5.14. The molecule has 0 atom stereocenters. The minimum atomic E-state index is -3.74. The molecule has 0 unspecified atom stereocenters. The molecule has 0 radical (unpaired) electrons. The first-order chi connectivity index (χ1) is 14.3. The Morgan fingerprint density at radius 1 is 1.10 bits per heavy atom. The molecule has 1 saturated heterocycles. The highest BCUT2D eigenvalue weighted by Gasteiger charge is 2.32. The summed E-state index contributed by atoms with van der Waals surface area (Å²) in [6.07, 6.45) is 1.66. The monoisotopic (exact) mass is 490 g/mol. The number of benzene rings is 2. The van der Waals surface area contributed by atoms with Crippen molar-refractivity contribution in [2.24, 2.45) is 0 Å². The third-order valence-corrected chi connectivity index (χ3v) is 7.57. The van der Waals surface area contributed by atoms with Gasteiger partial charge < -0.3 is 4.90 Å². The van der Waals surface area contributed by atoms with Crippen LogP contribution in [0.4, 0.5) is 11.4 Å². The Balaban J connectivity index is 1.60. The minimum Gasteiger partial charge on any atom is -0.363 e. The zero-order chi connectivity index (χ0) is 21.5. The molecule has 3 aromatic rings. The summed E-state index contributed by atoms with van der Waals surface area (Å²) >= 11 is 3.26. The summed E-state index contributed by atoms with van der Waals surface area (Å²) in [5.74, 6) is 0. The highest BCUT2D eigenvalue weighted by molar-refractivity contribution is 9.10. The van der Waals surface area contributed by atoms with Gasteiger partial charge in [0, 0.05) is 48.3 Å². The summed E-state index contributed by atoms with van der Waals surface area (Å²) in [7, 11) is -3.74. The fourth-order valence-corrected chi connectivity index (χ4v) is 5.61. The predicted octanol–water partition coefficient (Wildman–Crippen LogP) is 3.72. The second-order valence-electron chi connectivity index (χ2n) is 7.12. The maximum Gasteiger partial charge on any atom is 0.293 e. The normalized spacial score (nSPS) is 15.5. The lowest BCUT2D eigenvalue weighted by Crippen LogP contribution is -2.48. The summed E-state index contributed by atoms with van der Waals surface area (Å²) in [6.45, 7) is 3.10. The highest BCUT2D eigenvalue weighted by Crippen LogP contribution is 2.33. The molecular formula is C20H19BrN4O4S. The van der Waals surface area contributed by atoms with Gasteiger partial charge in [-0.2, -0.15) is 4.31 Å². The molecule has 2 aromatic carbocycles. The number of aromatic nitrogens is 1. The van der Waals surface area contributed by atoms with Crippen molar-refractivity contribution in [3.05, 3.63) is 68.8 Å². The third kappa shape index (κ3) is 3.78. The lowest BCUT2D eigenvalue weighted by molar-refractivity contribution is -0.384. The van der Waals surface area contributed by atoms with Crippen molar-refractivity contribution >= 4 is 48.2 Å². The van der Waals surface area contributed by atoms with E-state index in [2.05, 4.69) is 20.9 Å². The van der Waals surface area contributed by atoms with E-state index in [1.165, 1.54) is 10.4 Å². The molecular weight excluding hydrogens is 472 g/mol. The number of fused-ring (bicyclic) bond motifs is 1. The summed E-state index contributed by atoms with van der Waals surface area (Å²) in [6, 6.07) is 11.9. The van der Waals surface area contributed by atoms with Crippen molar-refractivity contribution in [1.82, 2.24) is 9.29 Å². The zero-order valence-corrected chi connectivity index (χ0v) is 18.6. The number of nitro groups is 1. The van der Waals surface area contributed by atoms with Crippen molar-refractivity contribution in [2.75, 3.05) is 31.1 Å². The fraction of sp³-hybridized carbons (Fsp3) is 0.250. The molecule has 8 nitrogen and oxygen atoms in total. The largest absolute Gasteiger partial charge is 0.363 e. The van der Waals surface area contributed by atoms with Crippen LogP contribution in [-0.2, 0) is 10.0 Å². The second-order valence-corrected chi connectivity index (χ2v) is 9.94. The van der Waals surface area contributed by atoms with E-state index in [0.29, 0.717) is 28.8 Å². The van der Waals surface area contributed by atoms with E-state index in [4.69, 9.17) is 0 Å². The van der Waals surface area contributed by atoms with Crippen molar-refractivity contribution in [3.63, 3.8) is 0 Å². The number of nitro benzene ring substituents is 1. The van der Waals surface area contributed by atoms with Crippen LogP contribution in [0.25, 0.3) is 10.9 Å². The number of hydrogen-bond donors (Lipinski definition) is 0. The standard InChI is InChI=1S/C20H19BrN4O4S/c1-14-11-15-3-2-4-19(20(15)22-13-14)30(28,29)24-9-7-23(8-10-24)17-6-5-16(21)12-18(17)25(26)27/h2-6,11-13H,7-10H2,1H3. The maximum atomic E-state index is 13.3. The van der Waals surface area contributed by atoms with Crippen molar-refractivity contribution < 1.29 is 13.3 Å². The summed E-state index contributed by atoms with van der Waals surface area (Å²) < 4.78 is 28.6. The molecule has 2 heterocycles. The minimum absolute atomic E-state index is 0.00527. The van der Waals surface area contributed by atoms with Crippen LogP contribution in [0.3, 0.4) is 0 Å². The molecule has 0 spiro atoms. The van der Waals surface area contributed by atoms with Gasteiger partial charge in [0.05, 0.1) is 10.4 Å². The van der Waals surface area contributed by atoms with Crippen LogP contribution in [0, 0.1) is 17.0 Å². The van der Waals surface area contributed by atoms with Gasteiger partial charge in [-0.05, 0) is 36.8 Å². The van der Waals surface area contributed by atoms with Gasteiger partial charge >= 0.3 is 0 Å². The Hall–Kier alpha value is -2.56. The number of nitrogens with zero attached hydrogens (tertiary/aromatic N) is 4. The Kier molecular flexibility index (Phi) is 5.48. The van der Waals surface area contributed by atoms with Crippen LogP contribution in [0.15, 0.2) is 58.0 Å². The average molecular weight is 491 g/mol. The number of pyridine rings is 1. The quantitative estimate of drug-likeness (QED) is 0.408. The van der Waals surface area contributed by atoms with E-state index < -0.39 is 14.9 Å². The molecule has 0 N–H and O–H groups in total. The molecule has 10 heteroatoms. The predicted molar refractivity (Wildman–Crippen MR) is 118 cm³/mol. The SMILES string of the molecule is Cc1cnc2c(S(=O)(=O)N3CCN(c4ccc(Br)cc4[N+](=O)[O-])CC3)cccc2c1. The van der Waals surface area contributed by atoms with E-state index in [9.17, 15) is 18.5 Å². The number of para-hydroxylation sites is 1. The van der Waals surface area contributed by atoms with Crippen LogP contribution in [0.5, 0.6) is 0 Å². The van der Waals surface area contributed by atoms with Crippen LogP contribution >= 0.6 is 15.9 Å². The first-order valence-corrected chi connectivity index (χ1v) is 11.5. The van der Waals surface area contributed by atoms with E-state index in [1.54, 1.807) is 30.5 Å². The average Bonchev–Trinajstić information content (AvgIpc) is 2.73. The van der Waals surface area contributed by atoms with Crippen LogP contribution < -0.4 is 4.90 Å². The van der Waals surface area contributed by atoms with Crippen LogP contribution in [-0.4, -0.2) is 48.8 Å². The van der Waals surface area contributed by atoms with Crippen molar-refractivity contribution in [2.45, 2.75) is 11.8 Å².